The molecule has 1 aliphatic heterocycles. The van der Waals surface area contributed by atoms with Crippen molar-refractivity contribution in [3.8, 4) is 5.75 Å². The number of benzene rings is 1. The highest BCUT2D eigenvalue weighted by molar-refractivity contribution is 7.18. The molecule has 1 aromatic carbocycles. The van der Waals surface area contributed by atoms with Crippen molar-refractivity contribution in [1.82, 2.24) is 15.1 Å². The third-order valence-electron chi connectivity index (χ3n) is 4.49. The summed E-state index contributed by atoms with van der Waals surface area (Å²) in [5.74, 6) is 1.82. The van der Waals surface area contributed by atoms with Crippen LogP contribution in [0.2, 0.25) is 0 Å². The van der Waals surface area contributed by atoms with Crippen LogP contribution in [0.5, 0.6) is 5.75 Å². The van der Waals surface area contributed by atoms with E-state index in [9.17, 15) is 0 Å². The van der Waals surface area contributed by atoms with E-state index in [0.29, 0.717) is 11.7 Å². The molecular formula is C18H27N5OS. The predicted molar refractivity (Wildman–Crippen MR) is 103 cm³/mol. The average Bonchev–Trinajstić information content (AvgIpc) is 3.02. The number of rotatable bonds is 8. The van der Waals surface area contributed by atoms with E-state index in [-0.39, 0.29) is 0 Å². The topological polar surface area (TPSA) is 76.3 Å². The Hall–Kier alpha value is -1.86. The fourth-order valence-electron chi connectivity index (χ4n) is 2.98. The van der Waals surface area contributed by atoms with Gasteiger partial charge in [-0.05, 0) is 56.0 Å². The summed E-state index contributed by atoms with van der Waals surface area (Å²) in [4.78, 5) is 2.54. The van der Waals surface area contributed by atoms with E-state index in [1.807, 2.05) is 6.07 Å². The van der Waals surface area contributed by atoms with Crippen LogP contribution < -0.4 is 15.8 Å². The van der Waals surface area contributed by atoms with Crippen LogP contribution in [0.1, 0.15) is 31.7 Å². The van der Waals surface area contributed by atoms with Crippen LogP contribution in [0.3, 0.4) is 0 Å². The van der Waals surface area contributed by atoms with Gasteiger partial charge in [0, 0.05) is 13.1 Å². The molecule has 0 amide bonds. The molecule has 0 bridgehead atoms. The summed E-state index contributed by atoms with van der Waals surface area (Å²) in [6.45, 7) is 7.24. The molecular weight excluding hydrogens is 334 g/mol. The molecule has 0 aliphatic carbocycles. The van der Waals surface area contributed by atoms with E-state index in [1.54, 1.807) is 0 Å². The van der Waals surface area contributed by atoms with Crippen molar-refractivity contribution in [1.29, 1.82) is 0 Å². The molecule has 0 unspecified atom stereocenters. The van der Waals surface area contributed by atoms with Gasteiger partial charge in [-0.15, -0.1) is 10.2 Å². The first-order chi connectivity index (χ1) is 12.2. The molecule has 2 heterocycles. The number of ether oxygens (including phenoxy) is 1. The second-order valence-electron chi connectivity index (χ2n) is 6.68. The van der Waals surface area contributed by atoms with Crippen LogP contribution in [0, 0.1) is 5.92 Å². The van der Waals surface area contributed by atoms with Crippen molar-refractivity contribution in [2.45, 2.75) is 32.7 Å². The third kappa shape index (κ3) is 5.86. The van der Waals surface area contributed by atoms with E-state index in [2.05, 4.69) is 45.5 Å². The van der Waals surface area contributed by atoms with Crippen LogP contribution in [0.25, 0.3) is 0 Å². The summed E-state index contributed by atoms with van der Waals surface area (Å²) in [5.41, 5.74) is 6.88. The second kappa shape index (κ2) is 9.01. The van der Waals surface area contributed by atoms with Gasteiger partial charge in [0.15, 0.2) is 0 Å². The number of hydrogen-bond donors (Lipinski definition) is 2. The minimum atomic E-state index is 0.485. The van der Waals surface area contributed by atoms with Gasteiger partial charge in [-0.25, -0.2) is 0 Å². The van der Waals surface area contributed by atoms with E-state index in [4.69, 9.17) is 10.5 Å². The Morgan fingerprint density at radius 1 is 1.32 bits per heavy atom. The van der Waals surface area contributed by atoms with Gasteiger partial charge in [-0.2, -0.15) is 0 Å². The molecule has 2 aromatic rings. The summed E-state index contributed by atoms with van der Waals surface area (Å²) in [7, 11) is 0. The van der Waals surface area contributed by atoms with Crippen molar-refractivity contribution in [2.75, 3.05) is 37.3 Å². The fourth-order valence-corrected chi connectivity index (χ4v) is 3.51. The van der Waals surface area contributed by atoms with Gasteiger partial charge in [0.05, 0.1) is 6.61 Å². The lowest BCUT2D eigenvalue weighted by atomic mass is 9.99. The molecule has 3 rings (SSSR count). The van der Waals surface area contributed by atoms with Crippen LogP contribution in [0.4, 0.5) is 10.3 Å². The van der Waals surface area contributed by atoms with E-state index < -0.39 is 0 Å². The van der Waals surface area contributed by atoms with Crippen molar-refractivity contribution in [2.24, 2.45) is 5.92 Å². The smallest absolute Gasteiger partial charge is 0.207 e. The number of nitrogens with two attached hydrogens (primary N) is 1. The van der Waals surface area contributed by atoms with Gasteiger partial charge in [-0.3, -0.25) is 4.90 Å². The van der Waals surface area contributed by atoms with Gasteiger partial charge < -0.3 is 15.8 Å². The quantitative estimate of drug-likeness (QED) is 0.703. The maximum atomic E-state index is 5.88. The van der Waals surface area contributed by atoms with Crippen LogP contribution >= 0.6 is 11.3 Å². The molecule has 7 heteroatoms. The van der Waals surface area contributed by atoms with E-state index >= 15 is 0 Å². The molecule has 1 saturated heterocycles. The first-order valence-corrected chi connectivity index (χ1v) is 9.77. The van der Waals surface area contributed by atoms with Crippen molar-refractivity contribution in [3.05, 3.63) is 29.8 Å². The Balaban J connectivity index is 1.37. The summed E-state index contributed by atoms with van der Waals surface area (Å²) >= 11 is 1.36. The summed E-state index contributed by atoms with van der Waals surface area (Å²) < 4.78 is 5.88. The monoisotopic (exact) mass is 361 g/mol. The van der Waals surface area contributed by atoms with Gasteiger partial charge in [0.25, 0.3) is 0 Å². The molecule has 136 valence electrons. The number of nitrogens with one attached hydrogen (secondary N) is 1. The van der Waals surface area contributed by atoms with Crippen molar-refractivity contribution < 1.29 is 4.74 Å². The van der Waals surface area contributed by atoms with E-state index in [0.717, 1.165) is 36.3 Å². The average molecular weight is 362 g/mol. The molecule has 0 saturated carbocycles. The lowest BCUT2D eigenvalue weighted by Crippen LogP contribution is -2.32. The highest BCUT2D eigenvalue weighted by Crippen LogP contribution is 2.20. The number of nitrogens with zero attached hydrogens (tertiary/aromatic N) is 3. The zero-order chi connectivity index (χ0) is 17.5. The minimum Gasteiger partial charge on any atom is -0.494 e. The SMILES string of the molecule is CC1CCN(Cc2cccc(OCCCNc3nnc(N)s3)c2)CC1. The van der Waals surface area contributed by atoms with E-state index in [1.165, 1.54) is 42.8 Å². The molecule has 0 atom stereocenters. The molecule has 0 spiro atoms. The van der Waals surface area contributed by atoms with Gasteiger partial charge in [0.1, 0.15) is 5.75 Å². The first-order valence-electron chi connectivity index (χ1n) is 8.96. The zero-order valence-corrected chi connectivity index (χ0v) is 15.6. The predicted octanol–water partition coefficient (Wildman–Crippen LogP) is 3.23. The summed E-state index contributed by atoms with van der Waals surface area (Å²) in [6.07, 6.45) is 3.51. The van der Waals surface area contributed by atoms with Gasteiger partial charge >= 0.3 is 0 Å². The Morgan fingerprint density at radius 2 is 2.16 bits per heavy atom. The van der Waals surface area contributed by atoms with Crippen LogP contribution in [-0.2, 0) is 6.54 Å². The molecule has 1 aromatic heterocycles. The number of anilines is 2. The number of nitrogen functional groups attached to an aromatic ring is 1. The van der Waals surface area contributed by atoms with Crippen molar-refractivity contribution in [3.63, 3.8) is 0 Å². The molecule has 3 N–H and O–H groups in total. The Bertz CT molecular complexity index is 654. The number of aromatic nitrogens is 2. The Morgan fingerprint density at radius 3 is 2.92 bits per heavy atom. The lowest BCUT2D eigenvalue weighted by Gasteiger charge is -2.30. The molecule has 1 fully saturated rings. The number of piperidine rings is 1. The first kappa shape index (κ1) is 17.9. The Labute approximate surface area is 153 Å². The normalized spacial score (nSPS) is 16.0. The fraction of sp³-hybridized carbons (Fsp3) is 0.556. The maximum absolute atomic E-state index is 5.88. The standard InChI is InChI=1S/C18H27N5OS/c1-14-6-9-23(10-7-14)13-15-4-2-5-16(12-15)24-11-3-8-20-18-22-21-17(19)25-18/h2,4-5,12,14H,3,6-11,13H2,1H3,(H2,19,21)(H,20,22). The summed E-state index contributed by atoms with van der Waals surface area (Å²) in [6, 6.07) is 8.46. The molecule has 0 radical (unpaired) electrons. The molecule has 6 nitrogen and oxygen atoms in total. The van der Waals surface area contributed by atoms with Crippen LogP contribution in [-0.4, -0.2) is 41.3 Å². The van der Waals surface area contributed by atoms with Gasteiger partial charge in [0.2, 0.25) is 10.3 Å². The highest BCUT2D eigenvalue weighted by Gasteiger charge is 2.15. The minimum absolute atomic E-state index is 0.485. The van der Waals surface area contributed by atoms with Crippen molar-refractivity contribution >= 4 is 21.6 Å². The zero-order valence-electron chi connectivity index (χ0n) is 14.8. The number of likely N-dealkylation sites (tertiary alicyclic amines) is 1. The second-order valence-corrected chi connectivity index (χ2v) is 7.69. The Kier molecular flexibility index (Phi) is 6.47. The lowest BCUT2D eigenvalue weighted by molar-refractivity contribution is 0.185. The van der Waals surface area contributed by atoms with Gasteiger partial charge in [-0.1, -0.05) is 30.4 Å². The largest absolute Gasteiger partial charge is 0.494 e. The van der Waals surface area contributed by atoms with Crippen LogP contribution in [0.15, 0.2) is 24.3 Å². The maximum Gasteiger partial charge on any atom is 0.207 e. The highest BCUT2D eigenvalue weighted by atomic mass is 32.1. The molecule has 25 heavy (non-hydrogen) atoms. The number of hydrogen-bond acceptors (Lipinski definition) is 7. The summed E-state index contributed by atoms with van der Waals surface area (Å²) in [5, 5.41) is 12.1. The third-order valence-corrected chi connectivity index (χ3v) is 5.20. The molecule has 1 aliphatic rings.